The van der Waals surface area contributed by atoms with Crippen molar-refractivity contribution in [3.63, 3.8) is 0 Å². The number of esters is 1. The van der Waals surface area contributed by atoms with Gasteiger partial charge < -0.3 is 19.5 Å². The van der Waals surface area contributed by atoms with Crippen LogP contribution >= 0.6 is 0 Å². The van der Waals surface area contributed by atoms with Gasteiger partial charge >= 0.3 is 5.97 Å². The van der Waals surface area contributed by atoms with Gasteiger partial charge in [0.2, 0.25) is 0 Å². The van der Waals surface area contributed by atoms with E-state index in [1.54, 1.807) is 7.11 Å². The van der Waals surface area contributed by atoms with E-state index in [2.05, 4.69) is 5.32 Å². The van der Waals surface area contributed by atoms with Gasteiger partial charge in [0.25, 0.3) is 0 Å². The van der Waals surface area contributed by atoms with Crippen molar-refractivity contribution in [1.82, 2.24) is 5.32 Å². The largest absolute Gasteiger partial charge is 0.491 e. The van der Waals surface area contributed by atoms with E-state index in [9.17, 15) is 4.79 Å². The van der Waals surface area contributed by atoms with Crippen LogP contribution in [0.1, 0.15) is 12.5 Å². The molecule has 0 aliphatic heterocycles. The van der Waals surface area contributed by atoms with Crippen molar-refractivity contribution in [2.24, 2.45) is 0 Å². The Morgan fingerprint density at radius 2 is 2.16 bits per heavy atom. The first-order valence-corrected chi connectivity index (χ1v) is 6.23. The molecule has 0 radical (unpaired) electrons. The molecule has 0 amide bonds. The van der Waals surface area contributed by atoms with Crippen LogP contribution in [0.3, 0.4) is 0 Å². The van der Waals surface area contributed by atoms with E-state index in [0.717, 1.165) is 5.56 Å². The Kier molecular flexibility index (Phi) is 6.92. The molecule has 5 heteroatoms. The van der Waals surface area contributed by atoms with Crippen LogP contribution in [0.5, 0.6) is 5.75 Å². The van der Waals surface area contributed by atoms with Crippen molar-refractivity contribution < 1.29 is 19.0 Å². The summed E-state index contributed by atoms with van der Waals surface area (Å²) in [5.41, 5.74) is 1.03. The standard InChI is InChI=1S/C14H21NO4/c1-4-15-13(14(16)18-3)10-19-12-7-5-6-11(8-12)9-17-2/h5-8,13,15H,4,9-10H2,1-3H3. The van der Waals surface area contributed by atoms with E-state index in [1.807, 2.05) is 31.2 Å². The number of likely N-dealkylation sites (N-methyl/N-ethyl adjacent to an activating group) is 1. The van der Waals surface area contributed by atoms with Crippen molar-refractivity contribution >= 4 is 5.97 Å². The minimum atomic E-state index is -0.457. The van der Waals surface area contributed by atoms with E-state index in [4.69, 9.17) is 14.2 Å². The molecule has 1 aromatic carbocycles. The summed E-state index contributed by atoms with van der Waals surface area (Å²) in [6.07, 6.45) is 0. The Labute approximate surface area is 113 Å². The van der Waals surface area contributed by atoms with Crippen LogP contribution in [-0.4, -0.2) is 39.4 Å². The second kappa shape index (κ2) is 8.50. The molecule has 0 fully saturated rings. The number of carbonyl (C=O) groups excluding carboxylic acids is 1. The number of methoxy groups -OCH3 is 2. The van der Waals surface area contributed by atoms with Crippen LogP contribution in [0, 0.1) is 0 Å². The highest BCUT2D eigenvalue weighted by atomic mass is 16.5. The summed E-state index contributed by atoms with van der Waals surface area (Å²) in [5, 5.41) is 3.02. The second-order valence-electron chi connectivity index (χ2n) is 4.02. The predicted octanol–water partition coefficient (Wildman–Crippen LogP) is 1.36. The van der Waals surface area contributed by atoms with Gasteiger partial charge in [0.1, 0.15) is 18.4 Å². The van der Waals surface area contributed by atoms with E-state index < -0.39 is 6.04 Å². The van der Waals surface area contributed by atoms with Crippen molar-refractivity contribution in [2.75, 3.05) is 27.4 Å². The Morgan fingerprint density at radius 3 is 2.79 bits per heavy atom. The molecule has 5 nitrogen and oxygen atoms in total. The first kappa shape index (κ1) is 15.5. The number of benzene rings is 1. The van der Waals surface area contributed by atoms with Crippen molar-refractivity contribution in [1.29, 1.82) is 0 Å². The van der Waals surface area contributed by atoms with Gasteiger partial charge in [0.15, 0.2) is 0 Å². The van der Waals surface area contributed by atoms with Gasteiger partial charge in [-0.25, -0.2) is 0 Å². The van der Waals surface area contributed by atoms with Gasteiger partial charge in [-0.3, -0.25) is 4.79 Å². The van der Waals surface area contributed by atoms with Crippen LogP contribution < -0.4 is 10.1 Å². The van der Waals surface area contributed by atoms with Crippen LogP contribution in [0.2, 0.25) is 0 Å². The Hall–Kier alpha value is -1.59. The molecule has 19 heavy (non-hydrogen) atoms. The van der Waals surface area contributed by atoms with Crippen molar-refractivity contribution in [3.8, 4) is 5.75 Å². The Bertz CT molecular complexity index is 395. The average molecular weight is 267 g/mol. The highest BCUT2D eigenvalue weighted by molar-refractivity contribution is 5.75. The Balaban J connectivity index is 2.58. The summed E-state index contributed by atoms with van der Waals surface area (Å²) in [6, 6.07) is 7.13. The lowest BCUT2D eigenvalue weighted by Crippen LogP contribution is -2.42. The van der Waals surface area contributed by atoms with E-state index >= 15 is 0 Å². The lowest BCUT2D eigenvalue weighted by Gasteiger charge is -2.16. The molecule has 0 aromatic heterocycles. The maximum Gasteiger partial charge on any atom is 0.326 e. The molecule has 1 unspecified atom stereocenters. The first-order valence-electron chi connectivity index (χ1n) is 6.23. The molecule has 0 saturated carbocycles. The molecule has 0 aliphatic rings. The van der Waals surface area contributed by atoms with E-state index in [-0.39, 0.29) is 12.6 Å². The third kappa shape index (κ3) is 5.28. The van der Waals surface area contributed by atoms with Crippen LogP contribution in [0.25, 0.3) is 0 Å². The number of nitrogens with one attached hydrogen (secondary N) is 1. The van der Waals surface area contributed by atoms with E-state index in [1.165, 1.54) is 7.11 Å². The Morgan fingerprint density at radius 1 is 1.37 bits per heavy atom. The summed E-state index contributed by atoms with van der Waals surface area (Å²) < 4.78 is 15.4. The quantitative estimate of drug-likeness (QED) is 0.721. The number of ether oxygens (including phenoxy) is 3. The SMILES string of the molecule is CCNC(COc1cccc(COC)c1)C(=O)OC. The summed E-state index contributed by atoms with van der Waals surface area (Å²) in [7, 11) is 3.01. The molecular weight excluding hydrogens is 246 g/mol. The van der Waals surface area contributed by atoms with Crippen molar-refractivity contribution in [3.05, 3.63) is 29.8 Å². The van der Waals surface area contributed by atoms with Gasteiger partial charge in [-0.1, -0.05) is 19.1 Å². The molecule has 0 bridgehead atoms. The molecule has 1 atom stereocenters. The van der Waals surface area contributed by atoms with Crippen LogP contribution in [-0.2, 0) is 20.9 Å². The number of carbonyl (C=O) groups is 1. The van der Waals surface area contributed by atoms with Crippen molar-refractivity contribution in [2.45, 2.75) is 19.6 Å². The molecular formula is C14H21NO4. The smallest absolute Gasteiger partial charge is 0.326 e. The molecule has 1 rings (SSSR count). The number of hydrogen-bond donors (Lipinski definition) is 1. The summed E-state index contributed by atoms with van der Waals surface area (Å²) in [6.45, 7) is 3.36. The van der Waals surface area contributed by atoms with Gasteiger partial charge in [0.05, 0.1) is 13.7 Å². The van der Waals surface area contributed by atoms with Crippen LogP contribution in [0.15, 0.2) is 24.3 Å². The maximum atomic E-state index is 11.5. The highest BCUT2D eigenvalue weighted by Crippen LogP contribution is 2.14. The lowest BCUT2D eigenvalue weighted by atomic mass is 10.2. The lowest BCUT2D eigenvalue weighted by molar-refractivity contribution is -0.143. The normalized spacial score (nSPS) is 11.9. The molecule has 0 saturated heterocycles. The first-order chi connectivity index (χ1) is 9.21. The zero-order valence-corrected chi connectivity index (χ0v) is 11.6. The summed E-state index contributed by atoms with van der Waals surface area (Å²) in [5.74, 6) is 0.385. The monoisotopic (exact) mass is 267 g/mol. The average Bonchev–Trinajstić information content (AvgIpc) is 2.43. The minimum absolute atomic E-state index is 0.233. The number of rotatable bonds is 8. The fourth-order valence-electron chi connectivity index (χ4n) is 1.67. The van der Waals surface area contributed by atoms with Gasteiger partial charge in [-0.15, -0.1) is 0 Å². The van der Waals surface area contributed by atoms with E-state index in [0.29, 0.717) is 18.9 Å². The van der Waals surface area contributed by atoms with Crippen LogP contribution in [0.4, 0.5) is 0 Å². The molecule has 1 N–H and O–H groups in total. The van der Waals surface area contributed by atoms with Gasteiger partial charge in [-0.05, 0) is 24.2 Å². The fraction of sp³-hybridized carbons (Fsp3) is 0.500. The van der Waals surface area contributed by atoms with Gasteiger partial charge in [-0.2, -0.15) is 0 Å². The zero-order valence-electron chi connectivity index (χ0n) is 11.6. The molecule has 0 aliphatic carbocycles. The molecule has 0 heterocycles. The minimum Gasteiger partial charge on any atom is -0.491 e. The molecule has 0 spiro atoms. The third-order valence-electron chi connectivity index (χ3n) is 2.56. The topological polar surface area (TPSA) is 56.8 Å². The summed E-state index contributed by atoms with van der Waals surface area (Å²) >= 11 is 0. The summed E-state index contributed by atoms with van der Waals surface area (Å²) in [4.78, 5) is 11.5. The zero-order chi connectivity index (χ0) is 14.1. The second-order valence-corrected chi connectivity index (χ2v) is 4.02. The highest BCUT2D eigenvalue weighted by Gasteiger charge is 2.18. The third-order valence-corrected chi connectivity index (χ3v) is 2.56. The van der Waals surface area contributed by atoms with Gasteiger partial charge in [0, 0.05) is 7.11 Å². The fourth-order valence-corrected chi connectivity index (χ4v) is 1.67. The number of hydrogen-bond acceptors (Lipinski definition) is 5. The molecule has 106 valence electrons. The predicted molar refractivity (Wildman–Crippen MR) is 72.1 cm³/mol. The maximum absolute atomic E-state index is 11.5. The molecule has 1 aromatic rings.